The first kappa shape index (κ1) is 18.4. The molecule has 2 heterocycles. The number of benzene rings is 1. The number of nitrogens with zero attached hydrogens (tertiary/aromatic N) is 2. The number of pyridine rings is 1. The van der Waals surface area contributed by atoms with Gasteiger partial charge in [0.05, 0.1) is 5.52 Å². The second kappa shape index (κ2) is 8.80. The molecule has 2 N–H and O–H groups in total. The number of aryl methyl sites for hydroxylation is 1. The number of rotatable bonds is 8. The Balaban J connectivity index is 1.69. The normalized spacial score (nSPS) is 10.5. The van der Waals surface area contributed by atoms with Crippen LogP contribution in [0.25, 0.3) is 5.52 Å². The largest absolute Gasteiger partial charge is 0.349 e. The molecule has 0 saturated carbocycles. The second-order valence-corrected chi connectivity index (χ2v) is 6.08. The van der Waals surface area contributed by atoms with Gasteiger partial charge < -0.3 is 10.6 Å². The highest BCUT2D eigenvalue weighted by Gasteiger charge is 2.20. The predicted octanol–water partition coefficient (Wildman–Crippen LogP) is 2.61. The van der Waals surface area contributed by atoms with Crippen LogP contribution in [0.1, 0.15) is 33.1 Å². The van der Waals surface area contributed by atoms with Gasteiger partial charge in [-0.3, -0.25) is 14.0 Å². The summed E-state index contributed by atoms with van der Waals surface area (Å²) in [6, 6.07) is 15.5. The average molecular weight is 362 g/mol. The number of aromatic nitrogens is 2. The van der Waals surface area contributed by atoms with Crippen molar-refractivity contribution in [2.75, 3.05) is 13.1 Å². The maximum Gasteiger partial charge on any atom is 0.287 e. The molecule has 6 heteroatoms. The zero-order valence-corrected chi connectivity index (χ0v) is 15.0. The Labute approximate surface area is 157 Å². The molecule has 0 aliphatic rings. The number of hydrogen-bond acceptors (Lipinski definition) is 3. The maximum absolute atomic E-state index is 12.6. The van der Waals surface area contributed by atoms with Gasteiger partial charge in [-0.2, -0.15) is 0 Å². The molecule has 0 fully saturated rings. The van der Waals surface area contributed by atoms with E-state index in [1.807, 2.05) is 24.3 Å². The van der Waals surface area contributed by atoms with Gasteiger partial charge in [-0.1, -0.05) is 42.5 Å². The standard InChI is InChI=1S/C21H22N4O2/c1-2-13-22-20(26)18-17-12-6-7-15-25(17)19(24-18)21(27)23-14-8-11-16-9-4-3-5-10-16/h2-7,9-10,12,15H,1,8,11,13-14H2,(H,22,26)(H,23,27). The molecule has 0 bridgehead atoms. The molecule has 2 amide bonds. The van der Waals surface area contributed by atoms with E-state index in [1.54, 1.807) is 28.8 Å². The van der Waals surface area contributed by atoms with Crippen molar-refractivity contribution in [1.29, 1.82) is 0 Å². The van der Waals surface area contributed by atoms with Gasteiger partial charge in [0.2, 0.25) is 5.82 Å². The van der Waals surface area contributed by atoms with Crippen LogP contribution in [0.4, 0.5) is 0 Å². The minimum Gasteiger partial charge on any atom is -0.349 e. The molecule has 0 saturated heterocycles. The molecule has 27 heavy (non-hydrogen) atoms. The number of amides is 2. The van der Waals surface area contributed by atoms with Gasteiger partial charge in [-0.05, 0) is 30.5 Å². The zero-order chi connectivity index (χ0) is 19.1. The minimum atomic E-state index is -0.332. The summed E-state index contributed by atoms with van der Waals surface area (Å²) in [5.41, 5.74) is 2.06. The Morgan fingerprint density at radius 2 is 1.81 bits per heavy atom. The molecule has 0 aliphatic carbocycles. The van der Waals surface area contributed by atoms with E-state index in [0.29, 0.717) is 18.6 Å². The van der Waals surface area contributed by atoms with Crippen LogP contribution in [0.5, 0.6) is 0 Å². The van der Waals surface area contributed by atoms with Crippen LogP contribution in [0, 0.1) is 0 Å². The summed E-state index contributed by atoms with van der Waals surface area (Å²) in [7, 11) is 0. The van der Waals surface area contributed by atoms with E-state index in [2.05, 4.69) is 34.3 Å². The highest BCUT2D eigenvalue weighted by molar-refractivity contribution is 6.02. The van der Waals surface area contributed by atoms with E-state index in [1.165, 1.54) is 5.56 Å². The average Bonchev–Trinajstić information content (AvgIpc) is 3.10. The van der Waals surface area contributed by atoms with E-state index in [-0.39, 0.29) is 23.3 Å². The predicted molar refractivity (Wildman–Crippen MR) is 105 cm³/mol. The first-order valence-electron chi connectivity index (χ1n) is 8.89. The van der Waals surface area contributed by atoms with Crippen molar-refractivity contribution in [2.45, 2.75) is 12.8 Å². The fraction of sp³-hybridized carbons (Fsp3) is 0.190. The summed E-state index contributed by atoms with van der Waals surface area (Å²) in [6.45, 7) is 4.46. The topological polar surface area (TPSA) is 75.5 Å². The van der Waals surface area contributed by atoms with Crippen molar-refractivity contribution in [3.63, 3.8) is 0 Å². The number of carbonyl (C=O) groups excluding carboxylic acids is 2. The number of hydrogen-bond donors (Lipinski definition) is 2. The number of fused-ring (bicyclic) bond motifs is 1. The smallest absolute Gasteiger partial charge is 0.287 e. The fourth-order valence-electron chi connectivity index (χ4n) is 2.83. The fourth-order valence-corrected chi connectivity index (χ4v) is 2.83. The van der Waals surface area contributed by atoms with E-state index in [9.17, 15) is 9.59 Å². The number of carbonyl (C=O) groups is 2. The van der Waals surface area contributed by atoms with Gasteiger partial charge in [-0.15, -0.1) is 6.58 Å². The summed E-state index contributed by atoms with van der Waals surface area (Å²) in [4.78, 5) is 29.2. The molecule has 138 valence electrons. The van der Waals surface area contributed by atoms with Gasteiger partial charge in [0.25, 0.3) is 11.8 Å². The summed E-state index contributed by atoms with van der Waals surface area (Å²) in [5, 5.41) is 5.59. The first-order chi connectivity index (χ1) is 13.2. The van der Waals surface area contributed by atoms with Crippen LogP contribution in [0.15, 0.2) is 67.4 Å². The van der Waals surface area contributed by atoms with E-state index < -0.39 is 0 Å². The van der Waals surface area contributed by atoms with Crippen molar-refractivity contribution in [3.8, 4) is 0 Å². The lowest BCUT2D eigenvalue weighted by Gasteiger charge is -2.05. The van der Waals surface area contributed by atoms with Gasteiger partial charge in [0.1, 0.15) is 0 Å². The van der Waals surface area contributed by atoms with Crippen molar-refractivity contribution in [1.82, 2.24) is 20.0 Å². The molecular weight excluding hydrogens is 340 g/mol. The molecule has 6 nitrogen and oxygen atoms in total. The molecule has 2 aromatic heterocycles. The van der Waals surface area contributed by atoms with Crippen LogP contribution in [-0.2, 0) is 6.42 Å². The molecule has 0 atom stereocenters. The summed E-state index contributed by atoms with van der Waals surface area (Å²) < 4.78 is 1.63. The Hall–Kier alpha value is -3.41. The number of nitrogens with one attached hydrogen (secondary N) is 2. The number of imidazole rings is 1. The lowest BCUT2D eigenvalue weighted by atomic mass is 10.1. The third-order valence-electron chi connectivity index (χ3n) is 4.14. The van der Waals surface area contributed by atoms with Gasteiger partial charge in [-0.25, -0.2) is 4.98 Å². The molecule has 1 aromatic carbocycles. The van der Waals surface area contributed by atoms with Crippen LogP contribution in [0.3, 0.4) is 0 Å². The van der Waals surface area contributed by atoms with Crippen LogP contribution in [-0.4, -0.2) is 34.3 Å². The van der Waals surface area contributed by atoms with Crippen molar-refractivity contribution in [3.05, 3.63) is 84.5 Å². The van der Waals surface area contributed by atoms with Gasteiger partial charge in [0.15, 0.2) is 5.69 Å². The monoisotopic (exact) mass is 362 g/mol. The lowest BCUT2D eigenvalue weighted by molar-refractivity contribution is 0.0942. The summed E-state index contributed by atoms with van der Waals surface area (Å²) in [6.07, 6.45) is 5.03. The first-order valence-corrected chi connectivity index (χ1v) is 8.89. The Morgan fingerprint density at radius 1 is 1.04 bits per heavy atom. The Bertz CT molecular complexity index is 947. The van der Waals surface area contributed by atoms with Gasteiger partial charge in [0, 0.05) is 19.3 Å². The lowest BCUT2D eigenvalue weighted by Crippen LogP contribution is -2.27. The molecule has 0 radical (unpaired) electrons. The van der Waals surface area contributed by atoms with E-state index in [4.69, 9.17) is 0 Å². The molecule has 0 unspecified atom stereocenters. The third kappa shape index (κ3) is 4.41. The van der Waals surface area contributed by atoms with Crippen molar-refractivity contribution in [2.24, 2.45) is 0 Å². The second-order valence-electron chi connectivity index (χ2n) is 6.08. The highest BCUT2D eigenvalue weighted by Crippen LogP contribution is 2.13. The van der Waals surface area contributed by atoms with Crippen molar-refractivity contribution >= 4 is 17.3 Å². The highest BCUT2D eigenvalue weighted by atomic mass is 16.2. The molecule has 3 aromatic rings. The van der Waals surface area contributed by atoms with Gasteiger partial charge >= 0.3 is 0 Å². The summed E-state index contributed by atoms with van der Waals surface area (Å²) in [5.74, 6) is -0.428. The molecule has 0 aliphatic heterocycles. The van der Waals surface area contributed by atoms with Crippen LogP contribution >= 0.6 is 0 Å². The SMILES string of the molecule is C=CCNC(=O)c1nc(C(=O)NCCCc2ccccc2)n2ccccc12. The molecule has 0 spiro atoms. The Morgan fingerprint density at radius 3 is 2.59 bits per heavy atom. The quantitative estimate of drug-likeness (QED) is 0.478. The van der Waals surface area contributed by atoms with E-state index >= 15 is 0 Å². The minimum absolute atomic E-state index is 0.203. The van der Waals surface area contributed by atoms with E-state index in [0.717, 1.165) is 12.8 Å². The summed E-state index contributed by atoms with van der Waals surface area (Å²) >= 11 is 0. The van der Waals surface area contributed by atoms with Crippen LogP contribution in [0.2, 0.25) is 0 Å². The van der Waals surface area contributed by atoms with Crippen LogP contribution < -0.4 is 10.6 Å². The zero-order valence-electron chi connectivity index (χ0n) is 15.0. The third-order valence-corrected chi connectivity index (χ3v) is 4.14. The molecule has 3 rings (SSSR count). The van der Waals surface area contributed by atoms with Crippen molar-refractivity contribution < 1.29 is 9.59 Å². The molecular formula is C21H22N4O2. The Kier molecular flexibility index (Phi) is 5.99. The maximum atomic E-state index is 12.6.